The van der Waals surface area contributed by atoms with E-state index in [0.717, 1.165) is 24.1 Å². The van der Waals surface area contributed by atoms with Gasteiger partial charge in [-0.3, -0.25) is 19.1 Å². The van der Waals surface area contributed by atoms with Gasteiger partial charge in [-0.2, -0.15) is 0 Å². The Labute approximate surface area is 254 Å². The summed E-state index contributed by atoms with van der Waals surface area (Å²) >= 11 is 6.36. The molecule has 0 spiro atoms. The predicted molar refractivity (Wildman–Crippen MR) is 160 cm³/mol. The van der Waals surface area contributed by atoms with Crippen LogP contribution in [0.3, 0.4) is 0 Å². The zero-order valence-electron chi connectivity index (χ0n) is 23.8. The molecule has 43 heavy (non-hydrogen) atoms. The Hall–Kier alpha value is -2.53. The third-order valence-corrected chi connectivity index (χ3v) is 8.08. The molecule has 3 rings (SSSR count). The van der Waals surface area contributed by atoms with Gasteiger partial charge in [-0.1, -0.05) is 56.5 Å². The van der Waals surface area contributed by atoms with E-state index in [4.69, 9.17) is 27.1 Å². The van der Waals surface area contributed by atoms with Gasteiger partial charge in [-0.15, -0.1) is 0 Å². The molecule has 15 heteroatoms. The number of amides is 1. The van der Waals surface area contributed by atoms with Crippen LogP contribution in [0.5, 0.6) is 5.75 Å². The molecule has 1 aromatic heterocycles. The zero-order valence-corrected chi connectivity index (χ0v) is 26.3. The molecule has 0 aliphatic heterocycles. The van der Waals surface area contributed by atoms with E-state index in [1.165, 1.54) is 30.3 Å². The first kappa shape index (κ1) is 35.0. The average Bonchev–Trinajstić information content (AvgIpc) is 3.19. The minimum Gasteiger partial charge on any atom is -0.403 e. The maximum absolute atomic E-state index is 13.5. The smallest absolute Gasteiger partial charge is 0.403 e. The molecule has 0 saturated carbocycles. The Morgan fingerprint density at radius 2 is 1.72 bits per heavy atom. The molecule has 0 bridgehead atoms. The number of primary amides is 1. The first-order chi connectivity index (χ1) is 20.1. The van der Waals surface area contributed by atoms with Gasteiger partial charge in [0.15, 0.2) is 0 Å². The van der Waals surface area contributed by atoms with Gasteiger partial charge >= 0.3 is 15.6 Å². The van der Waals surface area contributed by atoms with E-state index in [-0.39, 0.29) is 47.6 Å². The maximum atomic E-state index is 13.5. The lowest BCUT2D eigenvalue weighted by Crippen LogP contribution is -2.16. The van der Waals surface area contributed by atoms with Gasteiger partial charge in [0.2, 0.25) is 0 Å². The molecule has 1 heterocycles. The number of carbonyl (C=O) groups is 1. The van der Waals surface area contributed by atoms with E-state index < -0.39 is 21.6 Å². The van der Waals surface area contributed by atoms with Crippen LogP contribution >= 0.6 is 27.2 Å². The topological polar surface area (TPSA) is 182 Å². The van der Waals surface area contributed by atoms with Crippen molar-refractivity contribution in [2.75, 3.05) is 6.61 Å². The Kier molecular flexibility index (Phi) is 12.2. The molecule has 1 unspecified atom stereocenters. The van der Waals surface area contributed by atoms with Crippen molar-refractivity contribution < 1.29 is 46.9 Å². The summed E-state index contributed by atoms with van der Waals surface area (Å²) in [5.41, 5.74) is 9.29. The molecular formula is C28H36ClFN2O9P2. The Morgan fingerprint density at radius 1 is 1.05 bits per heavy atom. The Bertz CT molecular complexity index is 1520. The molecule has 0 aliphatic rings. The number of hydrogen-bond acceptors (Lipinski definition) is 5. The molecule has 11 nitrogen and oxygen atoms in total. The average molecular weight is 661 g/mol. The van der Waals surface area contributed by atoms with Crippen molar-refractivity contribution >= 4 is 33.2 Å². The standard InChI is InChI=1S/C28H36ClFN2O9P2/c1-3-5-18(2)16-24-26(20-9-13-25(22(29)17-20)41-43(37,38)39)27(28(31)33)23(12-8-19-6-10-21(30)11-7-19)32(24)14-4-15-40-42(34,35)36/h6-7,9-11,13,17-18H,3-5,8,12,14-16H2,1-2H3,(H2,31,33)(H2,34,35,36)(H2,37,38,39). The monoisotopic (exact) mass is 660 g/mol. The SMILES string of the molecule is CCCC(C)Cc1c(-c2ccc(OP(=O)(O)O)c(Cl)c2)c(C(N)=O)c(CCc2ccc(F)cc2)n1CCCOP(=O)(O)O. The van der Waals surface area contributed by atoms with Crippen LogP contribution in [0.25, 0.3) is 11.1 Å². The number of benzene rings is 2. The summed E-state index contributed by atoms with van der Waals surface area (Å²) in [6.45, 7) is 4.11. The lowest BCUT2D eigenvalue weighted by Gasteiger charge is -2.18. The predicted octanol–water partition coefficient (Wildman–Crippen LogP) is 5.78. The first-order valence-electron chi connectivity index (χ1n) is 13.6. The van der Waals surface area contributed by atoms with E-state index in [9.17, 15) is 28.1 Å². The highest BCUT2D eigenvalue weighted by Gasteiger charge is 2.29. The number of phosphoric ester groups is 2. The second-order valence-corrected chi connectivity index (χ2v) is 13.1. The number of nitrogens with two attached hydrogens (primary N) is 1. The number of rotatable bonds is 16. The van der Waals surface area contributed by atoms with Crippen LogP contribution in [-0.2, 0) is 39.5 Å². The Morgan fingerprint density at radius 3 is 2.28 bits per heavy atom. The number of nitrogens with zero attached hydrogens (tertiary/aromatic N) is 1. The summed E-state index contributed by atoms with van der Waals surface area (Å²) in [6.07, 6.45) is 3.25. The number of hydrogen-bond donors (Lipinski definition) is 5. The van der Waals surface area contributed by atoms with E-state index >= 15 is 0 Å². The van der Waals surface area contributed by atoms with Crippen molar-refractivity contribution in [3.63, 3.8) is 0 Å². The molecule has 0 aliphatic carbocycles. The molecule has 0 fully saturated rings. The highest BCUT2D eigenvalue weighted by atomic mass is 35.5. The molecule has 236 valence electrons. The molecular weight excluding hydrogens is 625 g/mol. The van der Waals surface area contributed by atoms with Crippen LogP contribution in [0.2, 0.25) is 5.02 Å². The van der Waals surface area contributed by atoms with Crippen molar-refractivity contribution in [1.29, 1.82) is 0 Å². The number of halogens is 2. The summed E-state index contributed by atoms with van der Waals surface area (Å²) in [4.78, 5) is 49.9. The van der Waals surface area contributed by atoms with Gasteiger partial charge in [-0.05, 0) is 67.0 Å². The van der Waals surface area contributed by atoms with Gasteiger partial charge in [0.25, 0.3) is 5.91 Å². The summed E-state index contributed by atoms with van der Waals surface area (Å²) in [7, 11) is -9.58. The van der Waals surface area contributed by atoms with Gasteiger partial charge in [0, 0.05) is 23.5 Å². The fraction of sp³-hybridized carbons (Fsp3) is 0.393. The maximum Gasteiger partial charge on any atom is 0.524 e. The largest absolute Gasteiger partial charge is 0.524 e. The van der Waals surface area contributed by atoms with E-state index in [1.807, 2.05) is 4.57 Å². The highest BCUT2D eigenvalue weighted by Crippen LogP contribution is 2.44. The summed E-state index contributed by atoms with van der Waals surface area (Å²) < 4.78 is 47.4. The quantitative estimate of drug-likeness (QED) is 0.0939. The van der Waals surface area contributed by atoms with Crippen molar-refractivity contribution in [2.24, 2.45) is 11.7 Å². The van der Waals surface area contributed by atoms with Crippen LogP contribution < -0.4 is 10.3 Å². The normalized spacial score (nSPS) is 12.8. The van der Waals surface area contributed by atoms with Gasteiger partial charge in [0.1, 0.15) is 11.6 Å². The summed E-state index contributed by atoms with van der Waals surface area (Å²) in [5.74, 6) is -1.18. The zero-order chi connectivity index (χ0) is 31.9. The van der Waals surface area contributed by atoms with E-state index in [1.54, 1.807) is 12.1 Å². The van der Waals surface area contributed by atoms with Crippen LogP contribution in [-0.4, -0.2) is 36.7 Å². The van der Waals surface area contributed by atoms with Gasteiger partial charge < -0.3 is 24.6 Å². The number of aryl methyl sites for hydroxylation is 1. The Balaban J connectivity index is 2.21. The van der Waals surface area contributed by atoms with Crippen molar-refractivity contribution in [1.82, 2.24) is 4.57 Å². The lowest BCUT2D eigenvalue weighted by molar-refractivity contribution is 0.0999. The number of phosphoric acid groups is 2. The van der Waals surface area contributed by atoms with Crippen molar-refractivity contribution in [3.8, 4) is 16.9 Å². The first-order valence-corrected chi connectivity index (χ1v) is 17.1. The van der Waals surface area contributed by atoms with Crippen molar-refractivity contribution in [3.05, 3.63) is 75.8 Å². The molecule has 1 amide bonds. The minimum absolute atomic E-state index is 0.0977. The number of carbonyl (C=O) groups excluding carboxylic acids is 1. The van der Waals surface area contributed by atoms with Crippen LogP contribution in [0, 0.1) is 11.7 Å². The summed E-state index contributed by atoms with van der Waals surface area (Å²) in [5, 5.41) is -0.0977. The lowest BCUT2D eigenvalue weighted by atomic mass is 9.93. The third kappa shape index (κ3) is 10.3. The molecule has 0 saturated heterocycles. The molecule has 1 atom stereocenters. The molecule has 0 radical (unpaired) electrons. The fourth-order valence-corrected chi connectivity index (χ4v) is 6.20. The van der Waals surface area contributed by atoms with Crippen LogP contribution in [0.1, 0.15) is 60.4 Å². The molecule has 2 aromatic carbocycles. The second kappa shape index (κ2) is 15.0. The minimum atomic E-state index is -4.89. The van der Waals surface area contributed by atoms with Gasteiger partial charge in [0.05, 0.1) is 17.2 Å². The van der Waals surface area contributed by atoms with E-state index in [0.29, 0.717) is 36.1 Å². The molecule has 6 N–H and O–H groups in total. The van der Waals surface area contributed by atoms with Crippen LogP contribution in [0.4, 0.5) is 4.39 Å². The highest BCUT2D eigenvalue weighted by molar-refractivity contribution is 7.46. The van der Waals surface area contributed by atoms with Crippen molar-refractivity contribution in [2.45, 2.75) is 58.9 Å². The fourth-order valence-electron chi connectivity index (χ4n) is 5.14. The molecule has 3 aromatic rings. The van der Waals surface area contributed by atoms with Crippen LogP contribution in [0.15, 0.2) is 42.5 Å². The number of aromatic nitrogens is 1. The van der Waals surface area contributed by atoms with E-state index in [2.05, 4.69) is 22.9 Å². The third-order valence-electron chi connectivity index (χ3n) is 6.84. The second-order valence-electron chi connectivity index (χ2n) is 10.3. The van der Waals surface area contributed by atoms with Gasteiger partial charge in [-0.25, -0.2) is 13.5 Å². The summed E-state index contributed by atoms with van der Waals surface area (Å²) in [6, 6.07) is 10.2.